The van der Waals surface area contributed by atoms with Crippen molar-refractivity contribution in [3.05, 3.63) is 46.0 Å². The van der Waals surface area contributed by atoms with E-state index in [9.17, 15) is 14.0 Å². The van der Waals surface area contributed by atoms with Crippen LogP contribution in [-0.2, 0) is 7.05 Å². The van der Waals surface area contributed by atoms with E-state index >= 15 is 0 Å². The van der Waals surface area contributed by atoms with E-state index in [2.05, 4.69) is 5.10 Å². The largest absolute Gasteiger partial charge is 0.366 e. The predicted octanol–water partition coefficient (Wildman–Crippen LogP) is 2.69. The Morgan fingerprint density at radius 2 is 1.85 bits per heavy atom. The van der Waals surface area contributed by atoms with Gasteiger partial charge in [0.05, 0.1) is 16.9 Å². The molecule has 0 aliphatic carbocycles. The van der Waals surface area contributed by atoms with Crippen molar-refractivity contribution in [1.29, 1.82) is 0 Å². The predicted molar refractivity (Wildman–Crippen MR) is 97.5 cm³/mol. The molecule has 1 fully saturated rings. The molecule has 2 heterocycles. The minimum Gasteiger partial charge on any atom is -0.366 e. The molecule has 0 N–H and O–H groups in total. The summed E-state index contributed by atoms with van der Waals surface area (Å²) in [5.74, 6) is -0.758. The second-order valence-electron chi connectivity index (χ2n) is 6.38. The zero-order valence-corrected chi connectivity index (χ0v) is 15.7. The van der Waals surface area contributed by atoms with Crippen molar-refractivity contribution in [1.82, 2.24) is 14.7 Å². The third kappa shape index (κ3) is 3.31. The third-order valence-electron chi connectivity index (χ3n) is 4.63. The van der Waals surface area contributed by atoms with Gasteiger partial charge in [-0.25, -0.2) is 4.39 Å². The zero-order chi connectivity index (χ0) is 19.0. The van der Waals surface area contributed by atoms with Crippen LogP contribution in [0.4, 0.5) is 10.1 Å². The van der Waals surface area contributed by atoms with Crippen LogP contribution >= 0.6 is 11.6 Å². The molecule has 138 valence electrons. The Labute approximate surface area is 156 Å². The number of piperazine rings is 1. The molecule has 0 saturated carbocycles. The SMILES string of the molecule is CC(=O)c1ccc(N2CCN(C(=O)c3c(C)nn(C)c3Cl)CC2)c(F)c1. The summed E-state index contributed by atoms with van der Waals surface area (Å²) >= 11 is 6.18. The molecule has 0 bridgehead atoms. The Kier molecular flexibility index (Phi) is 5.00. The van der Waals surface area contributed by atoms with Crippen LogP contribution in [0.1, 0.15) is 33.3 Å². The minimum absolute atomic E-state index is 0.160. The number of anilines is 1. The van der Waals surface area contributed by atoms with E-state index in [0.717, 1.165) is 0 Å². The average Bonchev–Trinajstić information content (AvgIpc) is 2.86. The summed E-state index contributed by atoms with van der Waals surface area (Å²) in [6.45, 7) is 5.07. The van der Waals surface area contributed by atoms with Crippen LogP contribution in [0.15, 0.2) is 18.2 Å². The second-order valence-corrected chi connectivity index (χ2v) is 6.73. The second kappa shape index (κ2) is 7.07. The Hall–Kier alpha value is -2.41. The fourth-order valence-corrected chi connectivity index (χ4v) is 3.42. The summed E-state index contributed by atoms with van der Waals surface area (Å²) in [7, 11) is 1.69. The van der Waals surface area contributed by atoms with Gasteiger partial charge >= 0.3 is 0 Å². The number of nitrogens with zero attached hydrogens (tertiary/aromatic N) is 4. The van der Waals surface area contributed by atoms with Crippen LogP contribution < -0.4 is 4.90 Å². The lowest BCUT2D eigenvalue weighted by atomic mass is 10.1. The fourth-order valence-electron chi connectivity index (χ4n) is 3.16. The van der Waals surface area contributed by atoms with Gasteiger partial charge in [-0.1, -0.05) is 11.6 Å². The first-order chi connectivity index (χ1) is 12.3. The molecule has 26 heavy (non-hydrogen) atoms. The molecule has 2 aromatic rings. The monoisotopic (exact) mass is 378 g/mol. The van der Waals surface area contributed by atoms with Crippen LogP contribution in [0.3, 0.4) is 0 Å². The van der Waals surface area contributed by atoms with Gasteiger partial charge in [-0.15, -0.1) is 0 Å². The minimum atomic E-state index is -0.427. The van der Waals surface area contributed by atoms with Crippen molar-refractivity contribution in [2.24, 2.45) is 7.05 Å². The molecular weight excluding hydrogens is 359 g/mol. The standard InChI is InChI=1S/C18H20ClFN4O2/c1-11-16(17(19)22(3)21-11)18(26)24-8-6-23(7-9-24)15-5-4-13(12(2)25)10-14(15)20/h4-5,10H,6-9H2,1-3H3. The quantitative estimate of drug-likeness (QED) is 0.770. The Morgan fingerprint density at radius 3 is 2.35 bits per heavy atom. The topological polar surface area (TPSA) is 58.4 Å². The van der Waals surface area contributed by atoms with Gasteiger partial charge in [0.15, 0.2) is 5.78 Å². The fraction of sp³-hybridized carbons (Fsp3) is 0.389. The number of rotatable bonds is 3. The normalized spacial score (nSPS) is 14.7. The molecule has 3 rings (SSSR count). The maximum atomic E-state index is 14.3. The van der Waals surface area contributed by atoms with Crippen molar-refractivity contribution >= 4 is 29.0 Å². The van der Waals surface area contributed by atoms with Gasteiger partial charge < -0.3 is 9.80 Å². The molecule has 0 atom stereocenters. The van der Waals surface area contributed by atoms with E-state index in [4.69, 9.17) is 11.6 Å². The molecule has 0 radical (unpaired) electrons. The number of carbonyl (C=O) groups excluding carboxylic acids is 2. The van der Waals surface area contributed by atoms with E-state index in [0.29, 0.717) is 53.8 Å². The molecule has 1 aromatic carbocycles. The number of benzene rings is 1. The van der Waals surface area contributed by atoms with E-state index < -0.39 is 5.82 Å². The molecule has 1 aromatic heterocycles. The van der Waals surface area contributed by atoms with Gasteiger partial charge in [0, 0.05) is 38.8 Å². The summed E-state index contributed by atoms with van der Waals surface area (Å²) in [5.41, 5.74) is 1.80. The summed E-state index contributed by atoms with van der Waals surface area (Å²) in [6.07, 6.45) is 0. The van der Waals surface area contributed by atoms with Crippen LogP contribution in [0.5, 0.6) is 0 Å². The van der Waals surface area contributed by atoms with Gasteiger partial charge in [-0.2, -0.15) is 5.10 Å². The van der Waals surface area contributed by atoms with Crippen molar-refractivity contribution in [2.45, 2.75) is 13.8 Å². The summed E-state index contributed by atoms with van der Waals surface area (Å²) in [4.78, 5) is 27.7. The summed E-state index contributed by atoms with van der Waals surface area (Å²) in [5, 5.41) is 4.49. The van der Waals surface area contributed by atoms with Crippen LogP contribution in [-0.4, -0.2) is 52.5 Å². The molecule has 1 saturated heterocycles. The van der Waals surface area contributed by atoms with E-state index in [1.54, 1.807) is 31.0 Å². The Bertz CT molecular complexity index is 872. The van der Waals surface area contributed by atoms with Crippen LogP contribution in [0.25, 0.3) is 0 Å². The lowest BCUT2D eigenvalue weighted by Gasteiger charge is -2.36. The van der Waals surface area contributed by atoms with Crippen molar-refractivity contribution in [3.8, 4) is 0 Å². The van der Waals surface area contributed by atoms with Crippen LogP contribution in [0, 0.1) is 12.7 Å². The summed E-state index contributed by atoms with van der Waals surface area (Å²) in [6, 6.07) is 4.50. The van der Waals surface area contributed by atoms with Gasteiger partial charge in [0.2, 0.25) is 0 Å². The molecule has 0 unspecified atom stereocenters. The van der Waals surface area contributed by atoms with E-state index in [1.807, 2.05) is 4.90 Å². The van der Waals surface area contributed by atoms with E-state index in [-0.39, 0.29) is 11.7 Å². The van der Waals surface area contributed by atoms with Crippen molar-refractivity contribution in [2.75, 3.05) is 31.1 Å². The molecule has 1 aliphatic rings. The maximum absolute atomic E-state index is 14.3. The Morgan fingerprint density at radius 1 is 1.19 bits per heavy atom. The first kappa shape index (κ1) is 18.4. The Balaban J connectivity index is 1.71. The number of aryl methyl sites for hydroxylation is 2. The highest BCUT2D eigenvalue weighted by atomic mass is 35.5. The number of aromatic nitrogens is 2. The smallest absolute Gasteiger partial charge is 0.259 e. The highest BCUT2D eigenvalue weighted by molar-refractivity contribution is 6.33. The molecule has 6 nitrogen and oxygen atoms in total. The number of carbonyl (C=O) groups is 2. The van der Waals surface area contributed by atoms with Gasteiger partial charge in [0.25, 0.3) is 5.91 Å². The first-order valence-corrected chi connectivity index (χ1v) is 8.71. The van der Waals surface area contributed by atoms with Crippen molar-refractivity contribution in [3.63, 3.8) is 0 Å². The lowest BCUT2D eigenvalue weighted by molar-refractivity contribution is 0.0745. The van der Waals surface area contributed by atoms with E-state index in [1.165, 1.54) is 17.7 Å². The number of amides is 1. The van der Waals surface area contributed by atoms with Crippen molar-refractivity contribution < 1.29 is 14.0 Å². The molecule has 0 spiro atoms. The van der Waals surface area contributed by atoms with Crippen LogP contribution in [0.2, 0.25) is 5.15 Å². The molecule has 1 amide bonds. The number of ketones is 1. The maximum Gasteiger partial charge on any atom is 0.259 e. The average molecular weight is 379 g/mol. The third-order valence-corrected chi connectivity index (χ3v) is 5.06. The first-order valence-electron chi connectivity index (χ1n) is 8.33. The number of hydrogen-bond acceptors (Lipinski definition) is 4. The molecule has 8 heteroatoms. The molecule has 1 aliphatic heterocycles. The van der Waals surface area contributed by atoms with Gasteiger partial charge in [-0.3, -0.25) is 14.3 Å². The highest BCUT2D eigenvalue weighted by Gasteiger charge is 2.28. The summed E-state index contributed by atoms with van der Waals surface area (Å²) < 4.78 is 15.8. The highest BCUT2D eigenvalue weighted by Crippen LogP contribution is 2.24. The lowest BCUT2D eigenvalue weighted by Crippen LogP contribution is -2.49. The number of hydrogen-bond donors (Lipinski definition) is 0. The number of halogens is 2. The van der Waals surface area contributed by atoms with Gasteiger partial charge in [-0.05, 0) is 32.0 Å². The van der Waals surface area contributed by atoms with Gasteiger partial charge in [0.1, 0.15) is 11.0 Å². The zero-order valence-electron chi connectivity index (χ0n) is 14.9. The number of Topliss-reactive ketones (excluding diaryl/α,β-unsaturated/α-hetero) is 1. The molecular formula is C18H20ClFN4O2.